The molecule has 0 unspecified atom stereocenters. The van der Waals surface area contributed by atoms with Crippen LogP contribution in [-0.4, -0.2) is 24.0 Å². The van der Waals surface area contributed by atoms with Crippen LogP contribution in [0.2, 0.25) is 0 Å². The number of hydrogen-bond acceptors (Lipinski definition) is 4. The van der Waals surface area contributed by atoms with E-state index in [-0.39, 0.29) is 30.3 Å². The highest BCUT2D eigenvalue weighted by Gasteiger charge is 2.50. The largest absolute Gasteiger partial charge is 0.456 e. The molecule has 3 aliphatic rings. The predicted octanol–water partition coefficient (Wildman–Crippen LogP) is 0.194. The molecule has 0 aromatic heterocycles. The number of carbonyl (C=O) groups excluding carboxylic acids is 1. The van der Waals surface area contributed by atoms with Crippen LogP contribution >= 0.6 is 0 Å². The molecule has 4 atom stereocenters. The van der Waals surface area contributed by atoms with Gasteiger partial charge in [-0.2, -0.15) is 0 Å². The summed E-state index contributed by atoms with van der Waals surface area (Å²) < 4.78 is 10.4. The van der Waals surface area contributed by atoms with E-state index in [1.54, 1.807) is 0 Å². The van der Waals surface area contributed by atoms with Crippen LogP contribution in [0.5, 0.6) is 0 Å². The Balaban J connectivity index is 2.01. The molecule has 1 saturated heterocycles. The normalized spacial score (nSPS) is 42.9. The van der Waals surface area contributed by atoms with Crippen LogP contribution in [0.15, 0.2) is 24.0 Å². The second kappa shape index (κ2) is 2.60. The quantitative estimate of drug-likeness (QED) is 0.478. The molecule has 1 aliphatic carbocycles. The Bertz CT molecular complexity index is 344. The summed E-state index contributed by atoms with van der Waals surface area (Å²) in [6.07, 6.45) is 5.15. The van der Waals surface area contributed by atoms with E-state index < -0.39 is 6.29 Å². The Morgan fingerprint density at radius 1 is 1.29 bits per heavy atom. The molecule has 4 heteroatoms. The third kappa shape index (κ3) is 0.889. The van der Waals surface area contributed by atoms with Crippen LogP contribution in [0, 0.1) is 17.8 Å². The smallest absolute Gasteiger partial charge is 0.316 e. The van der Waals surface area contributed by atoms with Gasteiger partial charge in [0.15, 0.2) is 0 Å². The van der Waals surface area contributed by atoms with Crippen molar-refractivity contribution in [3.8, 4) is 0 Å². The zero-order chi connectivity index (χ0) is 9.71. The molecule has 3 rings (SSSR count). The van der Waals surface area contributed by atoms with Gasteiger partial charge >= 0.3 is 5.97 Å². The van der Waals surface area contributed by atoms with Crippen molar-refractivity contribution in [2.45, 2.75) is 6.29 Å². The van der Waals surface area contributed by atoms with Crippen molar-refractivity contribution in [2.24, 2.45) is 17.8 Å². The van der Waals surface area contributed by atoms with E-state index >= 15 is 0 Å². The van der Waals surface area contributed by atoms with Crippen molar-refractivity contribution in [1.29, 1.82) is 0 Å². The highest BCUT2D eigenvalue weighted by molar-refractivity contribution is 5.77. The Kier molecular flexibility index (Phi) is 1.50. The van der Waals surface area contributed by atoms with Gasteiger partial charge in [0.2, 0.25) is 0 Å². The first-order valence-electron chi connectivity index (χ1n) is 4.66. The fourth-order valence-corrected chi connectivity index (χ4v) is 2.33. The zero-order valence-electron chi connectivity index (χ0n) is 7.42. The number of allylic oxidation sites excluding steroid dienone is 1. The zero-order valence-corrected chi connectivity index (χ0v) is 7.42. The minimum atomic E-state index is -0.533. The lowest BCUT2D eigenvalue weighted by atomic mass is 9.83. The minimum absolute atomic E-state index is 0.122. The lowest BCUT2D eigenvalue weighted by Gasteiger charge is -2.38. The highest BCUT2D eigenvalue weighted by atomic mass is 16.7. The molecule has 0 aromatic rings. The highest BCUT2D eigenvalue weighted by Crippen LogP contribution is 2.44. The van der Waals surface area contributed by atoms with Gasteiger partial charge in [-0.05, 0) is 6.08 Å². The van der Waals surface area contributed by atoms with Gasteiger partial charge in [-0.25, -0.2) is 0 Å². The fourth-order valence-electron chi connectivity index (χ4n) is 2.33. The molecule has 74 valence electrons. The summed E-state index contributed by atoms with van der Waals surface area (Å²) >= 11 is 0. The van der Waals surface area contributed by atoms with Crippen molar-refractivity contribution in [3.05, 3.63) is 24.0 Å². The van der Waals surface area contributed by atoms with Gasteiger partial charge < -0.3 is 14.6 Å². The Labute approximate surface area is 80.8 Å². The molecule has 0 radical (unpaired) electrons. The molecule has 4 nitrogen and oxygen atoms in total. The van der Waals surface area contributed by atoms with E-state index in [9.17, 15) is 4.79 Å². The van der Waals surface area contributed by atoms with Crippen LogP contribution < -0.4 is 0 Å². The van der Waals surface area contributed by atoms with Crippen molar-refractivity contribution < 1.29 is 19.4 Å². The number of hydrogen-bond donors (Lipinski definition) is 1. The number of esters is 1. The summed E-state index contributed by atoms with van der Waals surface area (Å²) in [7, 11) is 0. The summed E-state index contributed by atoms with van der Waals surface area (Å²) in [5.41, 5.74) is 0. The maximum Gasteiger partial charge on any atom is 0.316 e. The molecule has 2 aliphatic heterocycles. The fraction of sp³-hybridized carbons (Fsp3) is 0.500. The Morgan fingerprint density at radius 2 is 2.14 bits per heavy atom. The monoisotopic (exact) mass is 194 g/mol. The molecule has 0 aromatic carbocycles. The van der Waals surface area contributed by atoms with Crippen molar-refractivity contribution >= 4 is 5.97 Å². The van der Waals surface area contributed by atoms with Crippen molar-refractivity contribution in [2.75, 3.05) is 6.61 Å². The predicted molar refractivity (Wildman–Crippen MR) is 45.7 cm³/mol. The lowest BCUT2D eigenvalue weighted by Crippen LogP contribution is -2.44. The standard InChI is InChI=1S/C10H10O4/c11-4-5-3-8-6-1-2-7(8)10(13-5)14-9(6)12/h1-3,6-8,10-11H,4H2/t6-,7+,8-,10+/m1/s1. The van der Waals surface area contributed by atoms with Crippen LogP contribution in [-0.2, 0) is 14.3 Å². The number of carbonyl (C=O) groups is 1. The average molecular weight is 194 g/mol. The van der Waals surface area contributed by atoms with Gasteiger partial charge in [0.25, 0.3) is 6.29 Å². The van der Waals surface area contributed by atoms with Gasteiger partial charge in [0, 0.05) is 5.92 Å². The molecule has 1 fully saturated rings. The third-order valence-corrected chi connectivity index (χ3v) is 3.02. The molecule has 14 heavy (non-hydrogen) atoms. The van der Waals surface area contributed by atoms with E-state index in [4.69, 9.17) is 14.6 Å². The SMILES string of the molecule is O=C1O[C@@H]2OC(CO)=C[C@H]3[C@@H]2C=C[C@@H]13. The van der Waals surface area contributed by atoms with E-state index in [0.717, 1.165) is 0 Å². The lowest BCUT2D eigenvalue weighted by molar-refractivity contribution is -0.204. The molecule has 1 N–H and O–H groups in total. The van der Waals surface area contributed by atoms with Crippen LogP contribution in [0.4, 0.5) is 0 Å². The van der Waals surface area contributed by atoms with E-state index in [1.807, 2.05) is 18.2 Å². The first kappa shape index (κ1) is 8.05. The van der Waals surface area contributed by atoms with Gasteiger partial charge in [-0.3, -0.25) is 4.79 Å². The van der Waals surface area contributed by atoms with Crippen LogP contribution in [0.3, 0.4) is 0 Å². The molecule has 0 saturated carbocycles. The number of aliphatic hydroxyl groups excluding tert-OH is 1. The molecule has 4 bridgehead atoms. The van der Waals surface area contributed by atoms with Gasteiger partial charge in [0.05, 0.1) is 11.8 Å². The summed E-state index contributed by atoms with van der Waals surface area (Å²) in [5, 5.41) is 8.95. The minimum Gasteiger partial charge on any atom is -0.456 e. The molecular formula is C10H10O4. The van der Waals surface area contributed by atoms with Gasteiger partial charge in [0.1, 0.15) is 12.4 Å². The second-order valence-corrected chi connectivity index (χ2v) is 3.78. The molecule has 0 amide bonds. The summed E-state index contributed by atoms with van der Waals surface area (Å²) in [4.78, 5) is 11.4. The Morgan fingerprint density at radius 3 is 2.93 bits per heavy atom. The first-order valence-corrected chi connectivity index (χ1v) is 4.66. The van der Waals surface area contributed by atoms with E-state index in [1.165, 1.54) is 0 Å². The van der Waals surface area contributed by atoms with E-state index in [0.29, 0.717) is 5.76 Å². The number of aliphatic hydroxyl groups is 1. The van der Waals surface area contributed by atoms with Gasteiger partial charge in [-0.1, -0.05) is 12.2 Å². The van der Waals surface area contributed by atoms with Gasteiger partial charge in [-0.15, -0.1) is 0 Å². The van der Waals surface area contributed by atoms with Crippen molar-refractivity contribution in [1.82, 2.24) is 0 Å². The van der Waals surface area contributed by atoms with E-state index in [2.05, 4.69) is 0 Å². The average Bonchev–Trinajstić information content (AvgIpc) is 2.52. The van der Waals surface area contributed by atoms with Crippen LogP contribution in [0.1, 0.15) is 0 Å². The number of rotatable bonds is 1. The summed E-state index contributed by atoms with van der Waals surface area (Å²) in [6.45, 7) is -0.135. The topological polar surface area (TPSA) is 55.8 Å². The maximum atomic E-state index is 11.4. The maximum absolute atomic E-state index is 11.4. The van der Waals surface area contributed by atoms with Crippen LogP contribution in [0.25, 0.3) is 0 Å². The Hall–Kier alpha value is -1.29. The number of ether oxygens (including phenoxy) is 2. The summed E-state index contributed by atoms with van der Waals surface area (Å²) in [5.74, 6) is 0.363. The second-order valence-electron chi connectivity index (χ2n) is 3.78. The first-order chi connectivity index (χ1) is 6.79. The molecule has 0 spiro atoms. The third-order valence-electron chi connectivity index (χ3n) is 3.02. The molecule has 2 heterocycles. The molecular weight excluding hydrogens is 184 g/mol. The summed E-state index contributed by atoms with van der Waals surface area (Å²) in [6, 6.07) is 0. The van der Waals surface area contributed by atoms with Crippen molar-refractivity contribution in [3.63, 3.8) is 0 Å².